The smallest absolute Gasteiger partial charge is 0.419 e. The van der Waals surface area contributed by atoms with E-state index < -0.39 is 17.3 Å². The normalized spacial score (nSPS) is 25.9. The van der Waals surface area contributed by atoms with Crippen molar-refractivity contribution in [3.8, 4) is 5.75 Å². The standard InChI is InChI=1S/C13H16F3NO/c1-11(2)7-12(11,17)8-5-4-6-9(10(8)18-3)13(14,15)16/h4-6H,7,17H2,1-3H3. The SMILES string of the molecule is COc1c(C(F)(F)F)cccc1C1(N)CC1(C)C. The monoisotopic (exact) mass is 259 g/mol. The van der Waals surface area contributed by atoms with Gasteiger partial charge in [-0.05, 0) is 17.9 Å². The van der Waals surface area contributed by atoms with E-state index in [-0.39, 0.29) is 11.2 Å². The second-order valence-corrected chi connectivity index (χ2v) is 5.42. The van der Waals surface area contributed by atoms with Gasteiger partial charge in [0.05, 0.1) is 18.2 Å². The van der Waals surface area contributed by atoms with E-state index in [1.54, 1.807) is 6.07 Å². The van der Waals surface area contributed by atoms with Crippen molar-refractivity contribution in [2.45, 2.75) is 32.0 Å². The number of nitrogens with two attached hydrogens (primary N) is 1. The number of hydrogen-bond acceptors (Lipinski definition) is 2. The summed E-state index contributed by atoms with van der Waals surface area (Å²) in [5.41, 5.74) is 4.91. The Bertz CT molecular complexity index is 482. The second kappa shape index (κ2) is 3.63. The summed E-state index contributed by atoms with van der Waals surface area (Å²) < 4.78 is 43.7. The van der Waals surface area contributed by atoms with Crippen LogP contribution in [0.15, 0.2) is 18.2 Å². The third kappa shape index (κ3) is 1.77. The molecule has 5 heteroatoms. The molecule has 1 aromatic rings. The maximum absolute atomic E-state index is 12.9. The molecular formula is C13H16F3NO. The summed E-state index contributed by atoms with van der Waals surface area (Å²) in [7, 11) is 1.24. The fourth-order valence-corrected chi connectivity index (χ4v) is 2.44. The highest BCUT2D eigenvalue weighted by Crippen LogP contribution is 2.62. The number of para-hydroxylation sites is 1. The van der Waals surface area contributed by atoms with Crippen molar-refractivity contribution in [2.24, 2.45) is 11.1 Å². The maximum atomic E-state index is 12.9. The molecule has 1 aliphatic rings. The Morgan fingerprint density at radius 1 is 1.28 bits per heavy atom. The van der Waals surface area contributed by atoms with Gasteiger partial charge in [-0.3, -0.25) is 0 Å². The summed E-state index contributed by atoms with van der Waals surface area (Å²) in [6.07, 6.45) is -3.78. The molecule has 0 saturated heterocycles. The third-order valence-corrected chi connectivity index (χ3v) is 3.81. The Morgan fingerprint density at radius 3 is 2.22 bits per heavy atom. The fourth-order valence-electron chi connectivity index (χ4n) is 2.44. The van der Waals surface area contributed by atoms with Crippen molar-refractivity contribution < 1.29 is 17.9 Å². The Hall–Kier alpha value is -1.23. The molecule has 0 spiro atoms. The molecule has 1 atom stereocenters. The Balaban J connectivity index is 2.58. The van der Waals surface area contributed by atoms with Crippen LogP contribution in [-0.4, -0.2) is 7.11 Å². The molecule has 2 rings (SSSR count). The number of halogens is 3. The van der Waals surface area contributed by atoms with E-state index in [1.807, 2.05) is 13.8 Å². The van der Waals surface area contributed by atoms with Crippen LogP contribution in [0, 0.1) is 5.41 Å². The van der Waals surface area contributed by atoms with Gasteiger partial charge in [0.15, 0.2) is 0 Å². The Labute approximate surface area is 104 Å². The van der Waals surface area contributed by atoms with Crippen LogP contribution in [0.5, 0.6) is 5.75 Å². The molecule has 2 nitrogen and oxygen atoms in total. The molecular weight excluding hydrogens is 243 g/mol. The highest BCUT2D eigenvalue weighted by atomic mass is 19.4. The van der Waals surface area contributed by atoms with Crippen LogP contribution in [-0.2, 0) is 11.7 Å². The van der Waals surface area contributed by atoms with Crippen molar-refractivity contribution in [3.05, 3.63) is 29.3 Å². The molecule has 100 valence electrons. The summed E-state index contributed by atoms with van der Waals surface area (Å²) in [6, 6.07) is 4.01. The first kappa shape index (κ1) is 13.2. The Kier molecular flexibility index (Phi) is 2.67. The van der Waals surface area contributed by atoms with Gasteiger partial charge in [0.25, 0.3) is 0 Å². The summed E-state index contributed by atoms with van der Waals surface area (Å²) >= 11 is 0. The summed E-state index contributed by atoms with van der Waals surface area (Å²) in [5.74, 6) is -0.155. The lowest BCUT2D eigenvalue weighted by molar-refractivity contribution is -0.138. The van der Waals surface area contributed by atoms with Crippen LogP contribution in [0.3, 0.4) is 0 Å². The predicted molar refractivity (Wildman–Crippen MR) is 62.3 cm³/mol. The Morgan fingerprint density at radius 2 is 1.83 bits per heavy atom. The summed E-state index contributed by atoms with van der Waals surface area (Å²) in [6.45, 7) is 3.87. The number of methoxy groups -OCH3 is 1. The van der Waals surface area contributed by atoms with Crippen LogP contribution in [0.25, 0.3) is 0 Å². The molecule has 1 fully saturated rings. The lowest BCUT2D eigenvalue weighted by atomic mass is 9.94. The minimum atomic E-state index is -4.43. The molecule has 2 N–H and O–H groups in total. The molecule has 1 aromatic carbocycles. The zero-order valence-corrected chi connectivity index (χ0v) is 10.6. The van der Waals surface area contributed by atoms with Gasteiger partial charge in [0, 0.05) is 5.56 Å². The molecule has 0 amide bonds. The molecule has 0 aliphatic heterocycles. The molecule has 1 aliphatic carbocycles. The van der Waals surface area contributed by atoms with Crippen molar-refractivity contribution in [1.29, 1.82) is 0 Å². The van der Waals surface area contributed by atoms with Crippen LogP contribution in [0.1, 0.15) is 31.4 Å². The highest BCUT2D eigenvalue weighted by molar-refractivity contribution is 5.50. The molecule has 0 bridgehead atoms. The number of alkyl halides is 3. The van der Waals surface area contributed by atoms with Gasteiger partial charge in [-0.25, -0.2) is 0 Å². The predicted octanol–water partition coefficient (Wildman–Crippen LogP) is 3.30. The van der Waals surface area contributed by atoms with Gasteiger partial charge in [0.2, 0.25) is 0 Å². The van der Waals surface area contributed by atoms with E-state index in [0.29, 0.717) is 12.0 Å². The molecule has 18 heavy (non-hydrogen) atoms. The van der Waals surface area contributed by atoms with E-state index in [9.17, 15) is 13.2 Å². The van der Waals surface area contributed by atoms with Crippen molar-refractivity contribution in [1.82, 2.24) is 0 Å². The van der Waals surface area contributed by atoms with E-state index in [0.717, 1.165) is 6.07 Å². The third-order valence-electron chi connectivity index (χ3n) is 3.81. The van der Waals surface area contributed by atoms with Gasteiger partial charge >= 0.3 is 6.18 Å². The van der Waals surface area contributed by atoms with Gasteiger partial charge < -0.3 is 10.5 Å². The van der Waals surface area contributed by atoms with Gasteiger partial charge in [0.1, 0.15) is 5.75 Å². The molecule has 0 aromatic heterocycles. The first-order valence-corrected chi connectivity index (χ1v) is 5.67. The maximum Gasteiger partial charge on any atom is 0.419 e. The number of rotatable bonds is 2. The zero-order chi connectivity index (χ0) is 13.8. The van der Waals surface area contributed by atoms with Crippen molar-refractivity contribution in [3.63, 3.8) is 0 Å². The highest BCUT2D eigenvalue weighted by Gasteiger charge is 2.61. The minimum absolute atomic E-state index is 0.155. The summed E-state index contributed by atoms with van der Waals surface area (Å²) in [5, 5.41) is 0. The zero-order valence-electron chi connectivity index (χ0n) is 10.6. The number of benzene rings is 1. The molecule has 0 radical (unpaired) electrons. The average Bonchev–Trinajstić information content (AvgIpc) is 2.77. The van der Waals surface area contributed by atoms with Crippen LogP contribution >= 0.6 is 0 Å². The van der Waals surface area contributed by atoms with Crippen LogP contribution in [0.4, 0.5) is 13.2 Å². The first-order valence-electron chi connectivity index (χ1n) is 5.67. The minimum Gasteiger partial charge on any atom is -0.496 e. The number of ether oxygens (including phenoxy) is 1. The van der Waals surface area contributed by atoms with Crippen molar-refractivity contribution >= 4 is 0 Å². The molecule has 0 heterocycles. The van der Waals surface area contributed by atoms with Crippen LogP contribution in [0.2, 0.25) is 0 Å². The largest absolute Gasteiger partial charge is 0.496 e. The van der Waals surface area contributed by atoms with Crippen molar-refractivity contribution in [2.75, 3.05) is 7.11 Å². The lowest BCUT2D eigenvalue weighted by Crippen LogP contribution is -2.27. The van der Waals surface area contributed by atoms with E-state index in [2.05, 4.69) is 0 Å². The molecule has 1 unspecified atom stereocenters. The van der Waals surface area contributed by atoms with E-state index in [4.69, 9.17) is 10.5 Å². The van der Waals surface area contributed by atoms with E-state index >= 15 is 0 Å². The molecule has 1 saturated carbocycles. The number of hydrogen-bond donors (Lipinski definition) is 1. The van der Waals surface area contributed by atoms with Gasteiger partial charge in [-0.15, -0.1) is 0 Å². The lowest BCUT2D eigenvalue weighted by Gasteiger charge is -2.21. The van der Waals surface area contributed by atoms with Gasteiger partial charge in [-0.2, -0.15) is 13.2 Å². The first-order chi connectivity index (χ1) is 8.13. The van der Waals surface area contributed by atoms with Gasteiger partial charge in [-0.1, -0.05) is 26.0 Å². The topological polar surface area (TPSA) is 35.2 Å². The summed E-state index contributed by atoms with van der Waals surface area (Å²) in [4.78, 5) is 0. The van der Waals surface area contributed by atoms with Crippen LogP contribution < -0.4 is 10.5 Å². The second-order valence-electron chi connectivity index (χ2n) is 5.42. The quantitative estimate of drug-likeness (QED) is 0.884. The fraction of sp³-hybridized carbons (Fsp3) is 0.538. The average molecular weight is 259 g/mol. The van der Waals surface area contributed by atoms with E-state index in [1.165, 1.54) is 13.2 Å².